The Balaban J connectivity index is 2.29. The lowest BCUT2D eigenvalue weighted by atomic mass is 10.1. The predicted molar refractivity (Wildman–Crippen MR) is 43.5 cm³/mol. The van der Waals surface area contributed by atoms with Gasteiger partial charge in [-0.2, -0.15) is 0 Å². The molecule has 1 rings (SSSR count). The van der Waals surface area contributed by atoms with Gasteiger partial charge < -0.3 is 9.84 Å². The maximum Gasteiger partial charge on any atom is 0.0623 e. The molecule has 1 saturated heterocycles. The molecule has 0 aliphatic carbocycles. The van der Waals surface area contributed by atoms with Gasteiger partial charge in [0.05, 0.1) is 19.3 Å². The van der Waals surface area contributed by atoms with Crippen LogP contribution in [0.1, 0.15) is 13.3 Å². The molecule has 1 N–H and O–H groups in total. The Morgan fingerprint density at radius 2 is 2.45 bits per heavy atom. The van der Waals surface area contributed by atoms with Crippen LogP contribution in [0.3, 0.4) is 0 Å². The summed E-state index contributed by atoms with van der Waals surface area (Å²) >= 11 is 0. The fourth-order valence-electron chi connectivity index (χ4n) is 1.38. The number of aliphatic hydroxyl groups is 1. The van der Waals surface area contributed by atoms with Crippen LogP contribution in [0.2, 0.25) is 0 Å². The Hall–Kier alpha value is -0.120. The Labute approximate surface area is 68.0 Å². The van der Waals surface area contributed by atoms with Crippen molar-refractivity contribution < 1.29 is 9.84 Å². The van der Waals surface area contributed by atoms with E-state index in [1.54, 1.807) is 0 Å². The highest BCUT2D eigenvalue weighted by Crippen LogP contribution is 2.09. The zero-order valence-electron chi connectivity index (χ0n) is 7.29. The lowest BCUT2D eigenvalue weighted by Crippen LogP contribution is -2.44. The van der Waals surface area contributed by atoms with E-state index in [-0.39, 0.29) is 6.10 Å². The largest absolute Gasteiger partial charge is 0.393 e. The van der Waals surface area contributed by atoms with Gasteiger partial charge >= 0.3 is 0 Å². The predicted octanol–water partition coefficient (Wildman–Crippen LogP) is 0.0879. The molecule has 3 nitrogen and oxygen atoms in total. The first-order valence-electron chi connectivity index (χ1n) is 4.16. The van der Waals surface area contributed by atoms with E-state index in [0.29, 0.717) is 6.04 Å². The van der Waals surface area contributed by atoms with E-state index in [1.807, 2.05) is 6.92 Å². The van der Waals surface area contributed by atoms with Crippen LogP contribution in [0.15, 0.2) is 0 Å². The van der Waals surface area contributed by atoms with Crippen LogP contribution in [0, 0.1) is 0 Å². The number of hydrogen-bond acceptors (Lipinski definition) is 3. The summed E-state index contributed by atoms with van der Waals surface area (Å²) < 4.78 is 5.30. The molecule has 0 bridgehead atoms. The zero-order chi connectivity index (χ0) is 8.27. The molecule has 0 saturated carbocycles. The average Bonchev–Trinajstić information content (AvgIpc) is 1.93. The lowest BCUT2D eigenvalue weighted by molar-refractivity contribution is -0.0114. The maximum absolute atomic E-state index is 9.14. The van der Waals surface area contributed by atoms with Crippen LogP contribution in [-0.2, 0) is 4.74 Å². The number of rotatable bonds is 2. The molecule has 1 aliphatic heterocycles. The second-order valence-corrected chi connectivity index (χ2v) is 3.29. The van der Waals surface area contributed by atoms with E-state index < -0.39 is 0 Å². The molecule has 0 aromatic rings. The van der Waals surface area contributed by atoms with E-state index in [0.717, 1.165) is 26.2 Å². The first kappa shape index (κ1) is 8.97. The van der Waals surface area contributed by atoms with Crippen LogP contribution in [0.5, 0.6) is 0 Å². The summed E-state index contributed by atoms with van der Waals surface area (Å²) in [5.41, 5.74) is 0. The van der Waals surface area contributed by atoms with Gasteiger partial charge in [0.25, 0.3) is 0 Å². The van der Waals surface area contributed by atoms with E-state index in [2.05, 4.69) is 11.9 Å². The first-order valence-corrected chi connectivity index (χ1v) is 4.16. The molecule has 0 radical (unpaired) electrons. The van der Waals surface area contributed by atoms with E-state index in [9.17, 15) is 0 Å². The van der Waals surface area contributed by atoms with Gasteiger partial charge in [-0.05, 0) is 20.4 Å². The summed E-state index contributed by atoms with van der Waals surface area (Å²) in [6.07, 6.45) is 0.598. The fourth-order valence-corrected chi connectivity index (χ4v) is 1.38. The zero-order valence-corrected chi connectivity index (χ0v) is 7.29. The summed E-state index contributed by atoms with van der Waals surface area (Å²) in [5, 5.41) is 9.14. The summed E-state index contributed by atoms with van der Waals surface area (Å²) in [6.45, 7) is 4.40. The number of nitrogens with zero attached hydrogens (tertiary/aromatic N) is 1. The lowest BCUT2D eigenvalue weighted by Gasteiger charge is -2.33. The first-order chi connectivity index (χ1) is 5.20. The third-order valence-electron chi connectivity index (χ3n) is 2.14. The maximum atomic E-state index is 9.14. The molecular formula is C8H17NO2. The number of ether oxygens (including phenoxy) is 1. The number of morpholine rings is 1. The van der Waals surface area contributed by atoms with Gasteiger partial charge in [-0.1, -0.05) is 0 Å². The molecule has 1 heterocycles. The van der Waals surface area contributed by atoms with E-state index >= 15 is 0 Å². The SMILES string of the molecule is CC(O)CC1COCCN1C. The number of likely N-dealkylation sites (N-methyl/N-ethyl adjacent to an activating group) is 1. The molecule has 66 valence electrons. The highest BCUT2D eigenvalue weighted by Gasteiger charge is 2.20. The van der Waals surface area contributed by atoms with E-state index in [4.69, 9.17) is 9.84 Å². The van der Waals surface area contributed by atoms with Crippen molar-refractivity contribution >= 4 is 0 Å². The molecule has 11 heavy (non-hydrogen) atoms. The Morgan fingerprint density at radius 1 is 1.73 bits per heavy atom. The van der Waals surface area contributed by atoms with Crippen molar-refractivity contribution in [3.05, 3.63) is 0 Å². The van der Waals surface area contributed by atoms with Crippen LogP contribution < -0.4 is 0 Å². The molecule has 2 atom stereocenters. The van der Waals surface area contributed by atoms with Crippen LogP contribution in [0.25, 0.3) is 0 Å². The van der Waals surface area contributed by atoms with Gasteiger partial charge in [0.15, 0.2) is 0 Å². The van der Waals surface area contributed by atoms with Gasteiger partial charge in [0, 0.05) is 12.6 Å². The Bertz CT molecular complexity index is 117. The molecule has 1 fully saturated rings. The fraction of sp³-hybridized carbons (Fsp3) is 1.00. The van der Waals surface area contributed by atoms with Crippen molar-refractivity contribution in [2.24, 2.45) is 0 Å². The normalized spacial score (nSPS) is 30.3. The molecule has 3 heteroatoms. The van der Waals surface area contributed by atoms with Crippen molar-refractivity contribution in [1.29, 1.82) is 0 Å². The quantitative estimate of drug-likeness (QED) is 0.619. The van der Waals surface area contributed by atoms with Gasteiger partial charge in [-0.3, -0.25) is 4.90 Å². The van der Waals surface area contributed by atoms with Crippen molar-refractivity contribution in [1.82, 2.24) is 4.90 Å². The Kier molecular flexibility index (Phi) is 3.30. The standard InChI is InChI=1S/C8H17NO2/c1-7(10)5-8-6-11-4-3-9(8)2/h7-8,10H,3-6H2,1-2H3. The third kappa shape index (κ3) is 2.77. The molecule has 0 aromatic carbocycles. The molecule has 0 aromatic heterocycles. The minimum Gasteiger partial charge on any atom is -0.393 e. The topological polar surface area (TPSA) is 32.7 Å². The van der Waals surface area contributed by atoms with E-state index in [1.165, 1.54) is 0 Å². The highest BCUT2D eigenvalue weighted by atomic mass is 16.5. The summed E-state index contributed by atoms with van der Waals surface area (Å²) in [6, 6.07) is 0.406. The van der Waals surface area contributed by atoms with Crippen molar-refractivity contribution in [2.45, 2.75) is 25.5 Å². The molecule has 0 amide bonds. The number of aliphatic hydroxyl groups excluding tert-OH is 1. The second kappa shape index (κ2) is 4.04. The molecular weight excluding hydrogens is 142 g/mol. The average molecular weight is 159 g/mol. The monoisotopic (exact) mass is 159 g/mol. The minimum absolute atomic E-state index is 0.218. The van der Waals surface area contributed by atoms with Gasteiger partial charge in [0.2, 0.25) is 0 Å². The van der Waals surface area contributed by atoms with Gasteiger partial charge in [-0.25, -0.2) is 0 Å². The van der Waals surface area contributed by atoms with Crippen LogP contribution in [-0.4, -0.2) is 49.0 Å². The third-order valence-corrected chi connectivity index (χ3v) is 2.14. The molecule has 1 aliphatic rings. The second-order valence-electron chi connectivity index (χ2n) is 3.29. The summed E-state index contributed by atoms with van der Waals surface area (Å²) in [5.74, 6) is 0. The smallest absolute Gasteiger partial charge is 0.0623 e. The Morgan fingerprint density at radius 3 is 3.00 bits per heavy atom. The summed E-state index contributed by atoms with van der Waals surface area (Å²) in [7, 11) is 2.08. The van der Waals surface area contributed by atoms with Crippen molar-refractivity contribution in [3.63, 3.8) is 0 Å². The highest BCUT2D eigenvalue weighted by molar-refractivity contribution is 4.73. The van der Waals surface area contributed by atoms with Crippen LogP contribution >= 0.6 is 0 Å². The van der Waals surface area contributed by atoms with Gasteiger partial charge in [-0.15, -0.1) is 0 Å². The minimum atomic E-state index is -0.218. The summed E-state index contributed by atoms with van der Waals surface area (Å²) in [4.78, 5) is 2.25. The van der Waals surface area contributed by atoms with Crippen molar-refractivity contribution in [2.75, 3.05) is 26.8 Å². The van der Waals surface area contributed by atoms with Crippen molar-refractivity contribution in [3.8, 4) is 0 Å². The molecule has 2 unspecified atom stereocenters. The van der Waals surface area contributed by atoms with Gasteiger partial charge in [0.1, 0.15) is 0 Å². The number of hydrogen-bond donors (Lipinski definition) is 1. The molecule has 0 spiro atoms. The van der Waals surface area contributed by atoms with Crippen LogP contribution in [0.4, 0.5) is 0 Å².